The molecule has 1 aromatic carbocycles. The summed E-state index contributed by atoms with van der Waals surface area (Å²) in [6, 6.07) is 11.2. The van der Waals surface area contributed by atoms with E-state index in [0.29, 0.717) is 45.7 Å². The molecule has 3 rings (SSSR count). The van der Waals surface area contributed by atoms with Crippen molar-refractivity contribution >= 4 is 25.2 Å². The van der Waals surface area contributed by atoms with Crippen LogP contribution in [0, 0.1) is 17.2 Å². The highest BCUT2D eigenvalue weighted by atomic mass is 16.6. The molecule has 12 nitrogen and oxygen atoms in total. The van der Waals surface area contributed by atoms with E-state index in [1.165, 1.54) is 7.11 Å². The zero-order valence-electron chi connectivity index (χ0n) is 23.3. The van der Waals surface area contributed by atoms with Crippen LogP contribution in [0.15, 0.2) is 42.0 Å². The zero-order valence-corrected chi connectivity index (χ0v) is 23.3. The minimum Gasteiger partial charge on any atom is -0.453 e. The summed E-state index contributed by atoms with van der Waals surface area (Å²) in [7, 11) is -0.411. The van der Waals surface area contributed by atoms with Gasteiger partial charge in [0.05, 0.1) is 19.7 Å². The predicted molar refractivity (Wildman–Crippen MR) is 147 cm³/mol. The molecule has 2 fully saturated rings. The van der Waals surface area contributed by atoms with Crippen LogP contribution in [0.2, 0.25) is 0 Å². The van der Waals surface area contributed by atoms with Crippen molar-refractivity contribution in [3.63, 3.8) is 0 Å². The summed E-state index contributed by atoms with van der Waals surface area (Å²) in [5.74, 6) is -1.42. The lowest BCUT2D eigenvalue weighted by Crippen LogP contribution is -2.55. The van der Waals surface area contributed by atoms with Crippen LogP contribution >= 0.6 is 0 Å². The van der Waals surface area contributed by atoms with Crippen LogP contribution in [-0.2, 0) is 20.7 Å². The standard InChI is InChI=1S/C27H38BN5O7/c1-27(2,33-13-11-31(12-14-33)26(36)39-3)16-22(17-29)24(34)32-10-9-21(18-32)19-40-25(35)30-23(28(37)38)15-20-7-5-4-6-8-20/h4-8,16,21,23,37-38H,9-15,18-19H2,1-3H3,(H,30,35)/t21-,23-/m0/s1. The Morgan fingerprint density at radius 3 is 2.42 bits per heavy atom. The maximum Gasteiger partial charge on any atom is 0.475 e. The number of alkyl carbamates (subject to hydrolysis) is 1. The first-order valence-corrected chi connectivity index (χ1v) is 13.4. The molecule has 216 valence electrons. The largest absolute Gasteiger partial charge is 0.475 e. The highest BCUT2D eigenvalue weighted by Gasteiger charge is 2.34. The van der Waals surface area contributed by atoms with Crippen LogP contribution in [-0.4, -0.2) is 114 Å². The van der Waals surface area contributed by atoms with Gasteiger partial charge in [-0.1, -0.05) is 30.3 Å². The van der Waals surface area contributed by atoms with Crippen molar-refractivity contribution in [2.75, 3.05) is 53.0 Å². The van der Waals surface area contributed by atoms with Crippen molar-refractivity contribution in [3.05, 3.63) is 47.5 Å². The minimum atomic E-state index is -1.76. The molecule has 3 N–H and O–H groups in total. The van der Waals surface area contributed by atoms with Gasteiger partial charge in [-0.15, -0.1) is 0 Å². The summed E-state index contributed by atoms with van der Waals surface area (Å²) in [5.41, 5.74) is 0.288. The molecule has 0 bridgehead atoms. The number of likely N-dealkylation sites (tertiary alicyclic amines) is 1. The average molecular weight is 555 g/mol. The van der Waals surface area contributed by atoms with Crippen molar-refractivity contribution in [1.82, 2.24) is 20.0 Å². The number of nitrogens with zero attached hydrogens (tertiary/aromatic N) is 4. The lowest BCUT2D eigenvalue weighted by atomic mass is 9.76. The summed E-state index contributed by atoms with van der Waals surface area (Å²) in [6.45, 7) is 6.81. The second-order valence-corrected chi connectivity index (χ2v) is 10.6. The van der Waals surface area contributed by atoms with E-state index in [1.807, 2.05) is 50.2 Å². The number of ether oxygens (including phenoxy) is 2. The lowest BCUT2D eigenvalue weighted by molar-refractivity contribution is -0.125. The Bertz CT molecular complexity index is 1100. The van der Waals surface area contributed by atoms with Crippen LogP contribution in [0.1, 0.15) is 25.8 Å². The normalized spacial score (nSPS) is 19.0. The molecule has 2 saturated heterocycles. The summed E-state index contributed by atoms with van der Waals surface area (Å²) < 4.78 is 10.1. The molecular formula is C27H38BN5O7. The molecule has 1 aromatic rings. The number of piperazine rings is 1. The number of hydrogen-bond donors (Lipinski definition) is 3. The minimum absolute atomic E-state index is 0.0420. The number of hydrogen-bond acceptors (Lipinski definition) is 9. The molecule has 40 heavy (non-hydrogen) atoms. The van der Waals surface area contributed by atoms with E-state index in [0.717, 1.165) is 5.56 Å². The van der Waals surface area contributed by atoms with Crippen LogP contribution in [0.3, 0.4) is 0 Å². The summed E-state index contributed by atoms with van der Waals surface area (Å²) in [6.07, 6.45) is 1.36. The predicted octanol–water partition coefficient (Wildman–Crippen LogP) is 0.797. The van der Waals surface area contributed by atoms with Crippen molar-refractivity contribution in [1.29, 1.82) is 5.26 Å². The van der Waals surface area contributed by atoms with Gasteiger partial charge in [-0.25, -0.2) is 9.59 Å². The number of nitriles is 1. The van der Waals surface area contributed by atoms with E-state index in [1.54, 1.807) is 15.9 Å². The van der Waals surface area contributed by atoms with Gasteiger partial charge in [0.1, 0.15) is 11.6 Å². The van der Waals surface area contributed by atoms with Gasteiger partial charge in [0.25, 0.3) is 5.91 Å². The number of rotatable bonds is 9. The van der Waals surface area contributed by atoms with Crippen molar-refractivity contribution in [2.24, 2.45) is 5.92 Å². The molecule has 0 aliphatic carbocycles. The first-order valence-electron chi connectivity index (χ1n) is 13.4. The van der Waals surface area contributed by atoms with Gasteiger partial charge in [-0.2, -0.15) is 5.26 Å². The number of carbonyl (C=O) groups excluding carboxylic acids is 3. The van der Waals surface area contributed by atoms with Crippen molar-refractivity contribution in [2.45, 2.75) is 38.2 Å². The Morgan fingerprint density at radius 2 is 1.82 bits per heavy atom. The fraction of sp³-hybridized carbons (Fsp3) is 0.556. The quantitative estimate of drug-likeness (QED) is 0.228. The number of benzene rings is 1. The Balaban J connectivity index is 1.50. The molecule has 0 saturated carbocycles. The highest BCUT2D eigenvalue weighted by molar-refractivity contribution is 6.43. The number of nitrogens with one attached hydrogen (secondary N) is 1. The van der Waals surface area contributed by atoms with E-state index in [4.69, 9.17) is 9.47 Å². The Hall–Kier alpha value is -3.60. The molecule has 2 atom stereocenters. The fourth-order valence-electron chi connectivity index (χ4n) is 4.99. The van der Waals surface area contributed by atoms with Crippen LogP contribution in [0.25, 0.3) is 0 Å². The fourth-order valence-corrected chi connectivity index (χ4v) is 4.99. The Kier molecular flexibility index (Phi) is 11.0. The zero-order chi connectivity index (χ0) is 29.3. The molecule has 3 amide bonds. The van der Waals surface area contributed by atoms with Crippen molar-refractivity contribution in [3.8, 4) is 6.07 Å². The summed E-state index contributed by atoms with van der Waals surface area (Å²) >= 11 is 0. The molecule has 0 radical (unpaired) electrons. The van der Waals surface area contributed by atoms with E-state index < -0.39 is 24.7 Å². The smallest absolute Gasteiger partial charge is 0.453 e. The molecule has 2 aliphatic rings. The Morgan fingerprint density at radius 1 is 1.15 bits per heavy atom. The molecule has 13 heteroatoms. The molecule has 2 aliphatic heterocycles. The lowest BCUT2D eigenvalue weighted by Gasteiger charge is -2.42. The summed E-state index contributed by atoms with van der Waals surface area (Å²) in [5, 5.41) is 31.6. The van der Waals surface area contributed by atoms with E-state index in [2.05, 4.69) is 10.2 Å². The average Bonchev–Trinajstić information content (AvgIpc) is 3.43. The van der Waals surface area contributed by atoms with Crippen LogP contribution in [0.5, 0.6) is 0 Å². The number of methoxy groups -OCH3 is 1. The Labute approximate surface area is 235 Å². The maximum absolute atomic E-state index is 13.2. The first kappa shape index (κ1) is 30.9. The molecule has 0 spiro atoms. The SMILES string of the molecule is COC(=O)N1CCN(C(C)(C)C=C(C#N)C(=O)N2CC[C@H](COC(=O)N[C@@H](Cc3ccccc3)B(O)O)C2)CC1. The van der Waals surface area contributed by atoms with E-state index in [9.17, 15) is 29.7 Å². The third-order valence-electron chi connectivity index (χ3n) is 7.36. The monoisotopic (exact) mass is 555 g/mol. The van der Waals surface area contributed by atoms with Gasteiger partial charge in [0.2, 0.25) is 0 Å². The van der Waals surface area contributed by atoms with Gasteiger partial charge in [-0.3, -0.25) is 9.69 Å². The second kappa shape index (κ2) is 14.2. The van der Waals surface area contributed by atoms with Gasteiger partial charge in [-0.05, 0) is 38.3 Å². The van der Waals surface area contributed by atoms with Gasteiger partial charge >= 0.3 is 19.3 Å². The molecule has 0 unspecified atom stereocenters. The third kappa shape index (κ3) is 8.45. The van der Waals surface area contributed by atoms with E-state index in [-0.39, 0.29) is 36.5 Å². The van der Waals surface area contributed by atoms with Crippen LogP contribution in [0.4, 0.5) is 9.59 Å². The maximum atomic E-state index is 13.2. The molecule has 2 heterocycles. The first-order chi connectivity index (χ1) is 19.0. The summed E-state index contributed by atoms with van der Waals surface area (Å²) in [4.78, 5) is 42.6. The second-order valence-electron chi connectivity index (χ2n) is 10.6. The van der Waals surface area contributed by atoms with Gasteiger partial charge in [0, 0.05) is 50.7 Å². The van der Waals surface area contributed by atoms with Gasteiger partial charge in [0.15, 0.2) is 0 Å². The molecule has 0 aromatic heterocycles. The van der Waals surface area contributed by atoms with E-state index >= 15 is 0 Å². The topological polar surface area (TPSA) is 156 Å². The number of amides is 3. The van der Waals surface area contributed by atoms with Crippen LogP contribution < -0.4 is 5.32 Å². The molecular weight excluding hydrogens is 517 g/mol. The number of carbonyl (C=O) groups is 3. The van der Waals surface area contributed by atoms with Crippen molar-refractivity contribution < 1.29 is 33.9 Å². The van der Waals surface area contributed by atoms with Gasteiger partial charge < -0.3 is 34.6 Å². The third-order valence-corrected chi connectivity index (χ3v) is 7.36. The highest BCUT2D eigenvalue weighted by Crippen LogP contribution is 2.23.